The minimum Gasteiger partial charge on any atom is -0.325 e. The number of nitrogens with zero attached hydrogens (tertiary/aromatic N) is 2. The Kier molecular flexibility index (Phi) is 4.14. The molecule has 0 unspecified atom stereocenters. The van der Waals surface area contributed by atoms with Crippen LogP contribution >= 0.6 is 22.9 Å². The smallest absolute Gasteiger partial charge is 0.226 e. The first kappa shape index (κ1) is 17.8. The Labute approximate surface area is 179 Å². The summed E-state index contributed by atoms with van der Waals surface area (Å²) in [5, 5.41) is 2.05. The topological polar surface area (TPSA) is 25.2 Å². The number of aryl methyl sites for hydroxylation is 1. The largest absolute Gasteiger partial charge is 0.325 e. The zero-order chi connectivity index (χ0) is 19.5. The van der Waals surface area contributed by atoms with Gasteiger partial charge in [0, 0.05) is 34.1 Å². The Morgan fingerprint density at radius 2 is 1.83 bits per heavy atom. The third-order valence-electron chi connectivity index (χ3n) is 6.57. The number of rotatable bonds is 2. The molecule has 0 N–H and O–H groups in total. The van der Waals surface area contributed by atoms with Gasteiger partial charge in [0.1, 0.15) is 5.00 Å². The minimum atomic E-state index is -0.0748. The number of amides is 1. The number of aromatic nitrogens is 1. The predicted molar refractivity (Wildman–Crippen MR) is 117 cm³/mol. The fourth-order valence-corrected chi connectivity index (χ4v) is 6.49. The van der Waals surface area contributed by atoms with E-state index in [-0.39, 0.29) is 12.0 Å². The lowest BCUT2D eigenvalue weighted by molar-refractivity contribution is -0.135. The Morgan fingerprint density at radius 3 is 2.62 bits per heavy atom. The minimum absolute atomic E-state index is 0.0748. The number of benzene rings is 1. The van der Waals surface area contributed by atoms with Crippen LogP contribution in [0.25, 0.3) is 5.00 Å². The number of carbonyl (C=O) groups excluding carboxylic acids is 1. The van der Waals surface area contributed by atoms with E-state index in [9.17, 15) is 4.79 Å². The molecule has 1 fully saturated rings. The molecule has 0 spiro atoms. The molecule has 0 saturated heterocycles. The van der Waals surface area contributed by atoms with Crippen molar-refractivity contribution < 1.29 is 4.79 Å². The molecule has 1 atom stereocenters. The maximum absolute atomic E-state index is 13.5. The van der Waals surface area contributed by atoms with Crippen LogP contribution in [0.1, 0.15) is 59.0 Å². The molecule has 2 aromatic heterocycles. The van der Waals surface area contributed by atoms with Gasteiger partial charge in [0.05, 0.1) is 11.7 Å². The van der Waals surface area contributed by atoms with Crippen LogP contribution in [-0.4, -0.2) is 15.4 Å². The average molecular weight is 423 g/mol. The fourth-order valence-electron chi connectivity index (χ4n) is 4.96. The van der Waals surface area contributed by atoms with E-state index in [2.05, 4.69) is 39.9 Å². The summed E-state index contributed by atoms with van der Waals surface area (Å²) < 4.78 is 2.35. The lowest BCUT2D eigenvalue weighted by atomic mass is 9.95. The average Bonchev–Trinajstić information content (AvgIpc) is 3.41. The normalized spacial score (nSPS) is 20.6. The van der Waals surface area contributed by atoms with Crippen molar-refractivity contribution in [3.63, 3.8) is 0 Å². The van der Waals surface area contributed by atoms with Gasteiger partial charge in [-0.25, -0.2) is 0 Å². The summed E-state index contributed by atoms with van der Waals surface area (Å²) in [6, 6.07) is 12.2. The summed E-state index contributed by atoms with van der Waals surface area (Å²) in [7, 11) is 0. The van der Waals surface area contributed by atoms with Gasteiger partial charge < -0.3 is 9.47 Å². The Balaban J connectivity index is 1.56. The molecule has 1 aromatic carbocycles. The molecular formula is C24H23ClN2OS. The van der Waals surface area contributed by atoms with Gasteiger partial charge in [-0.05, 0) is 73.9 Å². The Hall–Kier alpha value is -2.04. The van der Waals surface area contributed by atoms with Gasteiger partial charge in [0.2, 0.25) is 5.91 Å². The van der Waals surface area contributed by atoms with Crippen LogP contribution in [-0.2, 0) is 24.2 Å². The van der Waals surface area contributed by atoms with E-state index in [4.69, 9.17) is 11.6 Å². The van der Waals surface area contributed by atoms with Crippen LogP contribution in [0.3, 0.4) is 0 Å². The van der Waals surface area contributed by atoms with E-state index in [0.29, 0.717) is 12.5 Å². The summed E-state index contributed by atoms with van der Waals surface area (Å²) in [4.78, 5) is 17.2. The molecule has 5 heteroatoms. The van der Waals surface area contributed by atoms with E-state index in [1.165, 1.54) is 46.0 Å². The van der Waals surface area contributed by atoms with E-state index in [1.807, 2.05) is 23.5 Å². The van der Waals surface area contributed by atoms with Crippen molar-refractivity contribution in [1.29, 1.82) is 0 Å². The molecule has 148 valence electrons. The lowest BCUT2D eigenvalue weighted by Gasteiger charge is -2.31. The summed E-state index contributed by atoms with van der Waals surface area (Å²) in [5.41, 5.74) is 5.21. The molecule has 2 aliphatic carbocycles. The molecule has 29 heavy (non-hydrogen) atoms. The molecule has 1 saturated carbocycles. The number of carbonyl (C=O) groups is 1. The number of hydrogen-bond donors (Lipinski definition) is 0. The summed E-state index contributed by atoms with van der Waals surface area (Å²) >= 11 is 8.11. The first-order chi connectivity index (χ1) is 14.2. The first-order valence-corrected chi connectivity index (χ1v) is 11.8. The monoisotopic (exact) mass is 422 g/mol. The molecular weight excluding hydrogens is 400 g/mol. The van der Waals surface area contributed by atoms with Gasteiger partial charge >= 0.3 is 0 Å². The van der Waals surface area contributed by atoms with E-state index in [0.717, 1.165) is 29.8 Å². The fraction of sp³-hybridized carbons (Fsp3) is 0.375. The van der Waals surface area contributed by atoms with Gasteiger partial charge in [0.25, 0.3) is 0 Å². The number of hydrogen-bond acceptors (Lipinski definition) is 2. The van der Waals surface area contributed by atoms with E-state index >= 15 is 0 Å². The highest BCUT2D eigenvalue weighted by atomic mass is 35.5. The second-order valence-corrected chi connectivity index (χ2v) is 10.0. The number of thiophene rings is 1. The predicted octanol–water partition coefficient (Wildman–Crippen LogP) is 5.91. The molecule has 3 aromatic rings. The Bertz CT molecular complexity index is 1090. The van der Waals surface area contributed by atoms with Crippen molar-refractivity contribution in [3.8, 4) is 5.00 Å². The van der Waals surface area contributed by atoms with Gasteiger partial charge in [-0.3, -0.25) is 4.79 Å². The molecule has 3 heterocycles. The highest BCUT2D eigenvalue weighted by Gasteiger charge is 2.41. The van der Waals surface area contributed by atoms with Crippen molar-refractivity contribution in [3.05, 3.63) is 74.9 Å². The zero-order valence-corrected chi connectivity index (χ0v) is 17.8. The maximum Gasteiger partial charge on any atom is 0.226 e. The number of halogens is 1. The van der Waals surface area contributed by atoms with Gasteiger partial charge in [0.15, 0.2) is 0 Å². The van der Waals surface area contributed by atoms with Crippen molar-refractivity contribution in [2.45, 2.75) is 51.1 Å². The third kappa shape index (κ3) is 2.88. The zero-order valence-electron chi connectivity index (χ0n) is 16.2. The molecule has 1 amide bonds. The first-order valence-electron chi connectivity index (χ1n) is 10.6. The maximum atomic E-state index is 13.5. The molecule has 3 aliphatic rings. The quantitative estimate of drug-likeness (QED) is 0.503. The van der Waals surface area contributed by atoms with Gasteiger partial charge in [-0.2, -0.15) is 0 Å². The molecule has 3 nitrogen and oxygen atoms in total. The van der Waals surface area contributed by atoms with E-state index in [1.54, 1.807) is 0 Å². The number of fused-ring (bicyclic) bond motifs is 5. The molecule has 0 bridgehead atoms. The standard InChI is InChI=1S/C24H23ClN2OS/c25-17-11-9-15(10-12-17)22-20-5-3-13-26(20)24-19(14-27(22)23(28)16-7-8-16)18-4-1-2-6-21(18)29-24/h3,5,9-13,16,22H,1-2,4,6-8,14H2/t22-/m0/s1. The SMILES string of the molecule is O=C(C1CC1)N1Cc2c(sc3c2CCCC3)-n2cccc2[C@@H]1c1ccc(Cl)cc1. The highest BCUT2D eigenvalue weighted by Crippen LogP contribution is 2.45. The van der Waals surface area contributed by atoms with Crippen LogP contribution < -0.4 is 0 Å². The second kappa shape index (κ2) is 6.75. The molecule has 1 aliphatic heterocycles. The lowest BCUT2D eigenvalue weighted by Crippen LogP contribution is -2.36. The van der Waals surface area contributed by atoms with Gasteiger partial charge in [-0.15, -0.1) is 11.3 Å². The third-order valence-corrected chi connectivity index (χ3v) is 8.16. The summed E-state index contributed by atoms with van der Waals surface area (Å²) in [6.45, 7) is 0.714. The van der Waals surface area contributed by atoms with Crippen molar-refractivity contribution >= 4 is 28.8 Å². The van der Waals surface area contributed by atoms with Crippen molar-refractivity contribution in [2.24, 2.45) is 5.92 Å². The molecule has 0 radical (unpaired) electrons. The highest BCUT2D eigenvalue weighted by molar-refractivity contribution is 7.15. The van der Waals surface area contributed by atoms with Crippen LogP contribution in [0.5, 0.6) is 0 Å². The van der Waals surface area contributed by atoms with Crippen LogP contribution in [0.4, 0.5) is 0 Å². The van der Waals surface area contributed by atoms with Crippen molar-refractivity contribution in [2.75, 3.05) is 0 Å². The van der Waals surface area contributed by atoms with Crippen LogP contribution in [0, 0.1) is 5.92 Å². The van der Waals surface area contributed by atoms with E-state index < -0.39 is 0 Å². The van der Waals surface area contributed by atoms with Crippen LogP contribution in [0.2, 0.25) is 5.02 Å². The Morgan fingerprint density at radius 1 is 1.03 bits per heavy atom. The van der Waals surface area contributed by atoms with Gasteiger partial charge in [-0.1, -0.05) is 23.7 Å². The summed E-state index contributed by atoms with van der Waals surface area (Å²) in [6.07, 6.45) is 9.09. The second-order valence-electron chi connectivity index (χ2n) is 8.49. The molecule has 6 rings (SSSR count). The van der Waals surface area contributed by atoms with Crippen LogP contribution in [0.15, 0.2) is 42.6 Å². The van der Waals surface area contributed by atoms with Crippen molar-refractivity contribution in [1.82, 2.24) is 9.47 Å². The summed E-state index contributed by atoms with van der Waals surface area (Å²) in [5.74, 6) is 0.505.